The Morgan fingerprint density at radius 3 is 2.82 bits per heavy atom. The molecule has 0 radical (unpaired) electrons. The van der Waals surface area contributed by atoms with Crippen molar-refractivity contribution < 1.29 is 5.11 Å². The van der Waals surface area contributed by atoms with Gasteiger partial charge in [0.05, 0.1) is 0 Å². The molecule has 1 rings (SSSR count). The molecule has 0 aliphatic heterocycles. The monoisotopic (exact) mass is 158 g/mol. The molecule has 1 saturated carbocycles. The molecule has 0 spiro atoms. The zero-order valence-corrected chi connectivity index (χ0v) is 7.09. The fourth-order valence-electron chi connectivity index (χ4n) is 1.72. The molecule has 1 unspecified atom stereocenters. The number of hydrogen-bond acceptors (Lipinski definition) is 3. The maximum Gasteiger partial charge on any atom is 0.102 e. The topological polar surface area (TPSA) is 58.3 Å². The predicted octanol–water partition coefficient (Wildman–Crippen LogP) is 0.184. The average Bonchev–Trinajstić information content (AvgIpc) is 1.85. The molecule has 0 bridgehead atoms. The van der Waals surface area contributed by atoms with E-state index in [1.54, 1.807) is 6.92 Å². The van der Waals surface area contributed by atoms with Crippen LogP contribution < -0.4 is 11.1 Å². The van der Waals surface area contributed by atoms with E-state index in [1.807, 2.05) is 0 Å². The Bertz CT molecular complexity index is 115. The molecule has 1 aliphatic rings. The molecule has 0 amide bonds. The summed E-state index contributed by atoms with van der Waals surface area (Å²) >= 11 is 0. The fourth-order valence-corrected chi connectivity index (χ4v) is 1.72. The van der Waals surface area contributed by atoms with Crippen molar-refractivity contribution in [3.63, 3.8) is 0 Å². The smallest absolute Gasteiger partial charge is 0.102 e. The van der Waals surface area contributed by atoms with Gasteiger partial charge in [0.2, 0.25) is 0 Å². The molecule has 1 fully saturated rings. The van der Waals surface area contributed by atoms with E-state index in [0.717, 1.165) is 19.3 Å². The highest BCUT2D eigenvalue weighted by molar-refractivity contribution is 4.79. The summed E-state index contributed by atoms with van der Waals surface area (Å²) in [4.78, 5) is 0. The molecule has 3 atom stereocenters. The summed E-state index contributed by atoms with van der Waals surface area (Å²) in [6, 6.07) is 0.763. The summed E-state index contributed by atoms with van der Waals surface area (Å²) in [6.07, 6.45) is 4.08. The van der Waals surface area contributed by atoms with Gasteiger partial charge in [-0.15, -0.1) is 0 Å². The van der Waals surface area contributed by atoms with Crippen molar-refractivity contribution in [3.05, 3.63) is 0 Å². The lowest BCUT2D eigenvalue weighted by Gasteiger charge is -2.28. The van der Waals surface area contributed by atoms with Gasteiger partial charge in [0.25, 0.3) is 0 Å². The molecule has 0 aromatic heterocycles. The first kappa shape index (κ1) is 8.97. The maximum atomic E-state index is 9.04. The quantitative estimate of drug-likeness (QED) is 0.503. The summed E-state index contributed by atoms with van der Waals surface area (Å²) in [5, 5.41) is 12.1. The molecule has 3 heteroatoms. The van der Waals surface area contributed by atoms with E-state index >= 15 is 0 Å². The Hall–Kier alpha value is -0.120. The predicted molar refractivity (Wildman–Crippen MR) is 45.0 cm³/mol. The zero-order valence-electron chi connectivity index (χ0n) is 7.09. The van der Waals surface area contributed by atoms with Gasteiger partial charge in [-0.1, -0.05) is 6.42 Å². The Morgan fingerprint density at radius 1 is 1.55 bits per heavy atom. The van der Waals surface area contributed by atoms with Gasteiger partial charge in [0.15, 0.2) is 0 Å². The lowest BCUT2D eigenvalue weighted by molar-refractivity contribution is 0.128. The molecule has 0 saturated heterocycles. The highest BCUT2D eigenvalue weighted by atomic mass is 16.3. The summed E-state index contributed by atoms with van der Waals surface area (Å²) in [7, 11) is 0. The molecule has 0 aromatic carbocycles. The average molecular weight is 158 g/mol. The van der Waals surface area contributed by atoms with E-state index in [-0.39, 0.29) is 0 Å². The molecule has 66 valence electrons. The van der Waals surface area contributed by atoms with E-state index in [2.05, 4.69) is 5.32 Å². The van der Waals surface area contributed by atoms with Gasteiger partial charge in [-0.05, 0) is 26.2 Å². The van der Waals surface area contributed by atoms with Crippen molar-refractivity contribution in [1.82, 2.24) is 5.32 Å². The van der Waals surface area contributed by atoms with Gasteiger partial charge in [0.1, 0.15) is 6.23 Å². The Balaban J connectivity index is 2.23. The minimum atomic E-state index is -0.398. The zero-order chi connectivity index (χ0) is 8.27. The van der Waals surface area contributed by atoms with Crippen molar-refractivity contribution in [2.45, 2.75) is 50.9 Å². The first-order chi connectivity index (χ1) is 5.18. The van der Waals surface area contributed by atoms with Crippen LogP contribution in [0.15, 0.2) is 0 Å². The van der Waals surface area contributed by atoms with Crippen LogP contribution in [0.4, 0.5) is 0 Å². The van der Waals surface area contributed by atoms with Gasteiger partial charge in [-0.2, -0.15) is 0 Å². The van der Waals surface area contributed by atoms with Crippen molar-refractivity contribution in [3.8, 4) is 0 Å². The van der Waals surface area contributed by atoms with E-state index in [9.17, 15) is 0 Å². The van der Waals surface area contributed by atoms with Gasteiger partial charge in [0, 0.05) is 12.1 Å². The molecule has 3 nitrogen and oxygen atoms in total. The van der Waals surface area contributed by atoms with Crippen molar-refractivity contribution in [2.24, 2.45) is 5.73 Å². The van der Waals surface area contributed by atoms with Crippen LogP contribution in [0.25, 0.3) is 0 Å². The van der Waals surface area contributed by atoms with E-state index in [0.29, 0.717) is 12.1 Å². The van der Waals surface area contributed by atoms with Crippen LogP contribution in [-0.2, 0) is 0 Å². The summed E-state index contributed by atoms with van der Waals surface area (Å²) in [5.74, 6) is 0. The molecular weight excluding hydrogens is 140 g/mol. The second-order valence-electron chi connectivity index (χ2n) is 3.47. The number of aliphatic hydroxyl groups excluding tert-OH is 1. The second kappa shape index (κ2) is 4.04. The van der Waals surface area contributed by atoms with Crippen molar-refractivity contribution in [2.75, 3.05) is 0 Å². The van der Waals surface area contributed by atoms with Gasteiger partial charge < -0.3 is 10.8 Å². The van der Waals surface area contributed by atoms with Crippen LogP contribution in [0.1, 0.15) is 32.6 Å². The first-order valence-corrected chi connectivity index (χ1v) is 4.38. The van der Waals surface area contributed by atoms with Crippen LogP contribution in [0.2, 0.25) is 0 Å². The molecule has 4 N–H and O–H groups in total. The lowest BCUT2D eigenvalue weighted by atomic mass is 9.91. The maximum absolute atomic E-state index is 9.04. The van der Waals surface area contributed by atoms with Gasteiger partial charge in [-0.3, -0.25) is 5.32 Å². The summed E-state index contributed by atoms with van der Waals surface area (Å²) < 4.78 is 0. The van der Waals surface area contributed by atoms with Gasteiger partial charge >= 0.3 is 0 Å². The Labute approximate surface area is 68.0 Å². The van der Waals surface area contributed by atoms with Crippen LogP contribution >= 0.6 is 0 Å². The molecule has 0 aromatic rings. The van der Waals surface area contributed by atoms with Crippen molar-refractivity contribution in [1.29, 1.82) is 0 Å². The highest BCUT2D eigenvalue weighted by Gasteiger charge is 2.19. The van der Waals surface area contributed by atoms with E-state index in [1.165, 1.54) is 6.42 Å². The third-order valence-corrected chi connectivity index (χ3v) is 2.19. The number of aliphatic hydroxyl groups is 1. The second-order valence-corrected chi connectivity index (χ2v) is 3.47. The Morgan fingerprint density at radius 2 is 2.27 bits per heavy atom. The minimum Gasteiger partial charge on any atom is -0.379 e. The molecular formula is C8H18N2O. The van der Waals surface area contributed by atoms with E-state index < -0.39 is 6.23 Å². The summed E-state index contributed by atoms with van der Waals surface area (Å²) in [6.45, 7) is 1.75. The minimum absolute atomic E-state index is 0.333. The van der Waals surface area contributed by atoms with Crippen LogP contribution in [-0.4, -0.2) is 23.4 Å². The largest absolute Gasteiger partial charge is 0.379 e. The SMILES string of the molecule is CC(O)N[C@@H]1CCC[C@H](N)C1. The van der Waals surface area contributed by atoms with Crippen LogP contribution in [0.5, 0.6) is 0 Å². The lowest BCUT2D eigenvalue weighted by Crippen LogP contribution is -2.43. The standard InChI is InChI=1S/C8H18N2O/c1-6(11)10-8-4-2-3-7(9)5-8/h6-8,10-11H,2-5,9H2,1H3/t6?,7-,8+/m0/s1. The number of nitrogens with two attached hydrogens (primary N) is 1. The van der Waals surface area contributed by atoms with E-state index in [4.69, 9.17) is 10.8 Å². The normalized spacial score (nSPS) is 35.2. The molecule has 11 heavy (non-hydrogen) atoms. The van der Waals surface area contributed by atoms with Gasteiger partial charge in [-0.25, -0.2) is 0 Å². The number of nitrogens with one attached hydrogen (secondary N) is 1. The number of hydrogen-bond donors (Lipinski definition) is 3. The third-order valence-electron chi connectivity index (χ3n) is 2.19. The molecule has 0 heterocycles. The van der Waals surface area contributed by atoms with Crippen LogP contribution in [0.3, 0.4) is 0 Å². The summed E-state index contributed by atoms with van der Waals surface area (Å²) in [5.41, 5.74) is 5.78. The first-order valence-electron chi connectivity index (χ1n) is 4.38. The third kappa shape index (κ3) is 3.18. The fraction of sp³-hybridized carbons (Fsp3) is 1.00. The molecule has 1 aliphatic carbocycles. The highest BCUT2D eigenvalue weighted by Crippen LogP contribution is 2.16. The Kier molecular flexibility index (Phi) is 3.30. The number of rotatable bonds is 2. The van der Waals surface area contributed by atoms with Crippen LogP contribution in [0, 0.1) is 0 Å². The van der Waals surface area contributed by atoms with Crippen molar-refractivity contribution >= 4 is 0 Å².